The molecule has 0 radical (unpaired) electrons. The molecular weight excluding hydrogens is 252 g/mol. The van der Waals surface area contributed by atoms with Crippen molar-refractivity contribution in [2.45, 2.75) is 44.7 Å². The number of amides is 1. The number of carbonyl (C=O) groups excluding carboxylic acids is 1. The van der Waals surface area contributed by atoms with Crippen molar-refractivity contribution >= 4 is 5.91 Å². The van der Waals surface area contributed by atoms with E-state index in [-0.39, 0.29) is 11.9 Å². The molecule has 1 saturated heterocycles. The van der Waals surface area contributed by atoms with E-state index >= 15 is 0 Å². The Balaban J connectivity index is 1.82. The van der Waals surface area contributed by atoms with Crippen LogP contribution in [0.3, 0.4) is 0 Å². The number of rotatable bonds is 5. The number of piperidine rings is 1. The van der Waals surface area contributed by atoms with Crippen LogP contribution in [0.25, 0.3) is 0 Å². The second kappa shape index (κ2) is 7.29. The number of hydrogen-bond donors (Lipinski definition) is 2. The van der Waals surface area contributed by atoms with E-state index in [1.807, 2.05) is 31.2 Å². The van der Waals surface area contributed by atoms with Crippen molar-refractivity contribution in [1.29, 1.82) is 0 Å². The summed E-state index contributed by atoms with van der Waals surface area (Å²) < 4.78 is 5.13. The van der Waals surface area contributed by atoms with Gasteiger partial charge in [0.1, 0.15) is 5.75 Å². The summed E-state index contributed by atoms with van der Waals surface area (Å²) in [6, 6.07) is 8.18. The molecule has 4 nitrogen and oxygen atoms in total. The van der Waals surface area contributed by atoms with Gasteiger partial charge in [-0.25, -0.2) is 0 Å². The summed E-state index contributed by atoms with van der Waals surface area (Å²) in [6.07, 6.45) is 4.12. The SMILES string of the molecule is COc1ccc(C(C)NC(=O)CC2CCCCN2)cc1. The first kappa shape index (κ1) is 14.9. The highest BCUT2D eigenvalue weighted by Crippen LogP contribution is 2.18. The highest BCUT2D eigenvalue weighted by Gasteiger charge is 2.17. The molecule has 20 heavy (non-hydrogen) atoms. The Hall–Kier alpha value is -1.55. The van der Waals surface area contributed by atoms with E-state index in [2.05, 4.69) is 10.6 Å². The topological polar surface area (TPSA) is 50.4 Å². The van der Waals surface area contributed by atoms with E-state index in [1.54, 1.807) is 7.11 Å². The van der Waals surface area contributed by atoms with Gasteiger partial charge in [0.2, 0.25) is 5.91 Å². The highest BCUT2D eigenvalue weighted by molar-refractivity contribution is 5.77. The number of ether oxygens (including phenoxy) is 1. The van der Waals surface area contributed by atoms with Crippen molar-refractivity contribution in [3.05, 3.63) is 29.8 Å². The van der Waals surface area contributed by atoms with Gasteiger partial charge >= 0.3 is 0 Å². The van der Waals surface area contributed by atoms with Gasteiger partial charge in [-0.1, -0.05) is 18.6 Å². The van der Waals surface area contributed by atoms with Gasteiger partial charge in [0.15, 0.2) is 0 Å². The predicted octanol–water partition coefficient (Wildman–Crippen LogP) is 2.40. The van der Waals surface area contributed by atoms with Gasteiger partial charge < -0.3 is 15.4 Å². The van der Waals surface area contributed by atoms with Crippen molar-refractivity contribution < 1.29 is 9.53 Å². The van der Waals surface area contributed by atoms with Crippen molar-refractivity contribution in [1.82, 2.24) is 10.6 Å². The molecule has 1 aromatic carbocycles. The maximum atomic E-state index is 12.0. The molecule has 2 rings (SSSR count). The first-order valence-corrected chi connectivity index (χ1v) is 7.35. The summed E-state index contributed by atoms with van der Waals surface area (Å²) in [6.45, 7) is 3.04. The zero-order valence-electron chi connectivity index (χ0n) is 12.3. The van der Waals surface area contributed by atoms with E-state index < -0.39 is 0 Å². The summed E-state index contributed by atoms with van der Waals surface area (Å²) in [4.78, 5) is 12.0. The first-order chi connectivity index (χ1) is 9.69. The summed E-state index contributed by atoms with van der Waals surface area (Å²) >= 11 is 0. The molecular formula is C16H24N2O2. The largest absolute Gasteiger partial charge is 0.497 e. The van der Waals surface area contributed by atoms with Gasteiger partial charge in [-0.3, -0.25) is 4.79 Å². The minimum Gasteiger partial charge on any atom is -0.497 e. The van der Waals surface area contributed by atoms with E-state index in [1.165, 1.54) is 12.8 Å². The molecule has 4 heteroatoms. The lowest BCUT2D eigenvalue weighted by molar-refractivity contribution is -0.122. The van der Waals surface area contributed by atoms with Gasteiger partial charge in [-0.15, -0.1) is 0 Å². The molecule has 110 valence electrons. The second-order valence-electron chi connectivity index (χ2n) is 5.41. The molecule has 0 saturated carbocycles. The fourth-order valence-electron chi connectivity index (χ4n) is 2.60. The summed E-state index contributed by atoms with van der Waals surface area (Å²) in [5.41, 5.74) is 1.09. The van der Waals surface area contributed by atoms with Crippen LogP contribution in [0.5, 0.6) is 5.75 Å². The van der Waals surface area contributed by atoms with Gasteiger partial charge in [-0.2, -0.15) is 0 Å². The Kier molecular flexibility index (Phi) is 5.41. The van der Waals surface area contributed by atoms with Crippen LogP contribution in [0, 0.1) is 0 Å². The lowest BCUT2D eigenvalue weighted by atomic mass is 10.0. The van der Waals surface area contributed by atoms with Crippen molar-refractivity contribution in [3.63, 3.8) is 0 Å². The fourth-order valence-corrected chi connectivity index (χ4v) is 2.60. The lowest BCUT2D eigenvalue weighted by Gasteiger charge is -2.24. The van der Waals surface area contributed by atoms with Crippen LogP contribution in [-0.2, 0) is 4.79 Å². The molecule has 1 fully saturated rings. The number of hydrogen-bond acceptors (Lipinski definition) is 3. The second-order valence-corrected chi connectivity index (χ2v) is 5.41. The molecule has 1 aromatic rings. The van der Waals surface area contributed by atoms with E-state index in [9.17, 15) is 4.79 Å². The molecule has 2 N–H and O–H groups in total. The van der Waals surface area contributed by atoms with Crippen LogP contribution >= 0.6 is 0 Å². The number of methoxy groups -OCH3 is 1. The van der Waals surface area contributed by atoms with E-state index in [0.717, 1.165) is 24.3 Å². The molecule has 0 spiro atoms. The fraction of sp³-hybridized carbons (Fsp3) is 0.562. The molecule has 0 aromatic heterocycles. The summed E-state index contributed by atoms with van der Waals surface area (Å²) in [5, 5.41) is 6.46. The maximum Gasteiger partial charge on any atom is 0.222 e. The van der Waals surface area contributed by atoms with E-state index in [0.29, 0.717) is 12.5 Å². The molecule has 1 heterocycles. The third-order valence-electron chi connectivity index (χ3n) is 3.84. The van der Waals surface area contributed by atoms with Crippen molar-refractivity contribution in [2.24, 2.45) is 0 Å². The van der Waals surface area contributed by atoms with Crippen LogP contribution in [0.1, 0.15) is 44.2 Å². The maximum absolute atomic E-state index is 12.0. The normalized spacial score (nSPS) is 20.2. The van der Waals surface area contributed by atoms with Crippen molar-refractivity contribution in [2.75, 3.05) is 13.7 Å². The highest BCUT2D eigenvalue weighted by atomic mass is 16.5. The quantitative estimate of drug-likeness (QED) is 0.868. The molecule has 1 amide bonds. The number of benzene rings is 1. The zero-order valence-corrected chi connectivity index (χ0v) is 12.3. The minimum absolute atomic E-state index is 0.0250. The molecule has 0 aliphatic carbocycles. The summed E-state index contributed by atoms with van der Waals surface area (Å²) in [7, 11) is 1.65. The van der Waals surface area contributed by atoms with Gasteiger partial charge in [0.25, 0.3) is 0 Å². The van der Waals surface area contributed by atoms with Crippen LogP contribution < -0.4 is 15.4 Å². The van der Waals surface area contributed by atoms with Crippen LogP contribution in [0.15, 0.2) is 24.3 Å². The smallest absolute Gasteiger partial charge is 0.222 e. The third-order valence-corrected chi connectivity index (χ3v) is 3.84. The first-order valence-electron chi connectivity index (χ1n) is 7.35. The Morgan fingerprint density at radius 1 is 1.40 bits per heavy atom. The Bertz CT molecular complexity index is 425. The van der Waals surface area contributed by atoms with Gasteiger partial charge in [0, 0.05) is 12.5 Å². The summed E-state index contributed by atoms with van der Waals surface area (Å²) in [5.74, 6) is 0.950. The average molecular weight is 276 g/mol. The molecule has 1 aliphatic heterocycles. The van der Waals surface area contributed by atoms with Gasteiger partial charge in [-0.05, 0) is 44.0 Å². The minimum atomic E-state index is 0.0250. The molecule has 2 unspecified atom stereocenters. The Morgan fingerprint density at radius 3 is 2.75 bits per heavy atom. The standard InChI is InChI=1S/C16H24N2O2/c1-12(13-6-8-15(20-2)9-7-13)18-16(19)11-14-5-3-4-10-17-14/h6-9,12,14,17H,3-5,10-11H2,1-2H3,(H,18,19). The lowest BCUT2D eigenvalue weighted by Crippen LogP contribution is -2.39. The monoisotopic (exact) mass is 276 g/mol. The predicted molar refractivity (Wildman–Crippen MR) is 79.8 cm³/mol. The molecule has 1 aliphatic rings. The third kappa shape index (κ3) is 4.23. The van der Waals surface area contributed by atoms with Crippen molar-refractivity contribution in [3.8, 4) is 5.75 Å². The Morgan fingerprint density at radius 2 is 2.15 bits per heavy atom. The number of nitrogens with one attached hydrogen (secondary N) is 2. The van der Waals surface area contributed by atoms with Crippen LogP contribution in [-0.4, -0.2) is 25.6 Å². The van der Waals surface area contributed by atoms with Crippen LogP contribution in [0.4, 0.5) is 0 Å². The number of carbonyl (C=O) groups is 1. The van der Waals surface area contributed by atoms with Gasteiger partial charge in [0.05, 0.1) is 13.2 Å². The van der Waals surface area contributed by atoms with Crippen LogP contribution in [0.2, 0.25) is 0 Å². The molecule has 0 bridgehead atoms. The zero-order chi connectivity index (χ0) is 14.4. The Labute approximate surface area is 120 Å². The van der Waals surface area contributed by atoms with E-state index in [4.69, 9.17) is 4.74 Å². The average Bonchev–Trinajstić information content (AvgIpc) is 2.48. The molecule has 2 atom stereocenters.